The first kappa shape index (κ1) is 14.7. The molecule has 0 radical (unpaired) electrons. The van der Waals surface area contributed by atoms with Gasteiger partial charge in [-0.2, -0.15) is 5.10 Å². The predicted octanol–water partition coefficient (Wildman–Crippen LogP) is 0.0952. The SMILES string of the molecule is CCOC(=O)CC(O)CNCCn1cc(C)cn1. The summed E-state index contributed by atoms with van der Waals surface area (Å²) in [7, 11) is 0. The number of ether oxygens (including phenoxy) is 1. The van der Waals surface area contributed by atoms with E-state index in [2.05, 4.69) is 10.4 Å². The standard InChI is InChI=1S/C12H21N3O3/c1-3-18-12(17)6-11(16)8-13-4-5-15-9-10(2)7-14-15/h7,9,11,13,16H,3-6,8H2,1-2H3. The van der Waals surface area contributed by atoms with Crippen molar-refractivity contribution in [2.45, 2.75) is 32.9 Å². The van der Waals surface area contributed by atoms with Crippen LogP contribution in [0.5, 0.6) is 0 Å². The van der Waals surface area contributed by atoms with E-state index in [1.807, 2.05) is 17.8 Å². The van der Waals surface area contributed by atoms with Crippen LogP contribution < -0.4 is 5.32 Å². The Morgan fingerprint density at radius 1 is 1.67 bits per heavy atom. The van der Waals surface area contributed by atoms with E-state index >= 15 is 0 Å². The molecule has 1 aromatic rings. The summed E-state index contributed by atoms with van der Waals surface area (Å²) in [6.45, 7) is 5.88. The Kier molecular flexibility index (Phi) is 6.38. The second-order valence-corrected chi connectivity index (χ2v) is 4.15. The minimum Gasteiger partial charge on any atom is -0.466 e. The molecule has 0 aromatic carbocycles. The van der Waals surface area contributed by atoms with Gasteiger partial charge in [0.2, 0.25) is 0 Å². The molecule has 0 fully saturated rings. The molecule has 6 nitrogen and oxygen atoms in total. The van der Waals surface area contributed by atoms with Crippen molar-refractivity contribution >= 4 is 5.97 Å². The first-order chi connectivity index (χ1) is 8.61. The Bertz CT molecular complexity index is 365. The van der Waals surface area contributed by atoms with Gasteiger partial charge in [-0.25, -0.2) is 0 Å². The van der Waals surface area contributed by atoms with E-state index in [1.54, 1.807) is 13.1 Å². The van der Waals surface area contributed by atoms with Crippen LogP contribution in [0.3, 0.4) is 0 Å². The lowest BCUT2D eigenvalue weighted by atomic mass is 10.2. The number of esters is 1. The fourth-order valence-corrected chi connectivity index (χ4v) is 1.54. The van der Waals surface area contributed by atoms with Gasteiger partial charge < -0.3 is 15.2 Å². The molecule has 6 heteroatoms. The summed E-state index contributed by atoms with van der Waals surface area (Å²) >= 11 is 0. The molecule has 0 spiro atoms. The van der Waals surface area contributed by atoms with Gasteiger partial charge in [0.15, 0.2) is 0 Å². The summed E-state index contributed by atoms with van der Waals surface area (Å²) in [4.78, 5) is 11.1. The summed E-state index contributed by atoms with van der Waals surface area (Å²) in [5.41, 5.74) is 1.12. The van der Waals surface area contributed by atoms with Gasteiger partial charge in [0.05, 0.1) is 31.9 Å². The van der Waals surface area contributed by atoms with Crippen LogP contribution in [0.1, 0.15) is 18.9 Å². The largest absolute Gasteiger partial charge is 0.466 e. The summed E-state index contributed by atoms with van der Waals surface area (Å²) < 4.78 is 6.58. The van der Waals surface area contributed by atoms with Gasteiger partial charge in [0.1, 0.15) is 0 Å². The highest BCUT2D eigenvalue weighted by atomic mass is 16.5. The molecule has 2 N–H and O–H groups in total. The number of aliphatic hydroxyl groups excluding tert-OH is 1. The third-order valence-electron chi connectivity index (χ3n) is 2.37. The number of carbonyl (C=O) groups is 1. The number of hydrogen-bond acceptors (Lipinski definition) is 5. The topological polar surface area (TPSA) is 76.4 Å². The van der Waals surface area contributed by atoms with Gasteiger partial charge in [-0.05, 0) is 19.4 Å². The van der Waals surface area contributed by atoms with E-state index in [-0.39, 0.29) is 12.4 Å². The molecule has 102 valence electrons. The Morgan fingerprint density at radius 3 is 3.06 bits per heavy atom. The van der Waals surface area contributed by atoms with Crippen molar-refractivity contribution in [2.24, 2.45) is 0 Å². The van der Waals surface area contributed by atoms with Crippen molar-refractivity contribution in [3.63, 3.8) is 0 Å². The van der Waals surface area contributed by atoms with E-state index in [1.165, 1.54) is 0 Å². The van der Waals surface area contributed by atoms with Gasteiger partial charge in [-0.3, -0.25) is 9.48 Å². The number of aryl methyl sites for hydroxylation is 1. The highest BCUT2D eigenvalue weighted by molar-refractivity contribution is 5.69. The third kappa shape index (κ3) is 5.79. The van der Waals surface area contributed by atoms with Gasteiger partial charge in [-0.1, -0.05) is 0 Å². The molecule has 1 heterocycles. The normalized spacial score (nSPS) is 12.4. The van der Waals surface area contributed by atoms with Gasteiger partial charge in [0.25, 0.3) is 0 Å². The number of nitrogens with zero attached hydrogens (tertiary/aromatic N) is 2. The van der Waals surface area contributed by atoms with Crippen molar-refractivity contribution < 1.29 is 14.6 Å². The maximum Gasteiger partial charge on any atom is 0.308 e. The Labute approximate surface area is 107 Å². The first-order valence-corrected chi connectivity index (χ1v) is 6.15. The molecule has 0 saturated carbocycles. The van der Waals surface area contributed by atoms with E-state index in [0.29, 0.717) is 19.7 Å². The lowest BCUT2D eigenvalue weighted by Gasteiger charge is -2.11. The van der Waals surface area contributed by atoms with Gasteiger partial charge >= 0.3 is 5.97 Å². The van der Waals surface area contributed by atoms with E-state index in [0.717, 1.165) is 12.1 Å². The van der Waals surface area contributed by atoms with Crippen molar-refractivity contribution in [1.82, 2.24) is 15.1 Å². The van der Waals surface area contributed by atoms with Crippen LogP contribution in [0.4, 0.5) is 0 Å². The van der Waals surface area contributed by atoms with Crippen LogP contribution in [-0.2, 0) is 16.1 Å². The molecular formula is C12H21N3O3. The minimum atomic E-state index is -0.705. The third-order valence-corrected chi connectivity index (χ3v) is 2.37. The van der Waals surface area contributed by atoms with Crippen LogP contribution in [-0.4, -0.2) is 46.7 Å². The molecular weight excluding hydrogens is 234 g/mol. The highest BCUT2D eigenvalue weighted by Crippen LogP contribution is 1.95. The number of nitrogens with one attached hydrogen (secondary N) is 1. The van der Waals surface area contributed by atoms with Crippen molar-refractivity contribution in [1.29, 1.82) is 0 Å². The maximum absolute atomic E-state index is 11.1. The lowest BCUT2D eigenvalue weighted by molar-refractivity contribution is -0.145. The molecule has 0 aliphatic carbocycles. The Morgan fingerprint density at radius 2 is 2.44 bits per heavy atom. The molecule has 0 amide bonds. The van der Waals surface area contributed by atoms with Crippen LogP contribution in [0.25, 0.3) is 0 Å². The number of rotatable bonds is 8. The molecule has 0 aliphatic heterocycles. The molecule has 1 unspecified atom stereocenters. The lowest BCUT2D eigenvalue weighted by Crippen LogP contribution is -2.31. The van der Waals surface area contributed by atoms with Crippen LogP contribution in [0.15, 0.2) is 12.4 Å². The Hall–Kier alpha value is -1.40. The first-order valence-electron chi connectivity index (χ1n) is 6.15. The van der Waals surface area contributed by atoms with E-state index in [4.69, 9.17) is 4.74 Å². The number of hydrogen-bond donors (Lipinski definition) is 2. The molecule has 1 atom stereocenters. The van der Waals surface area contributed by atoms with Gasteiger partial charge in [-0.15, -0.1) is 0 Å². The molecule has 0 bridgehead atoms. The van der Waals surface area contributed by atoms with Gasteiger partial charge in [0, 0.05) is 19.3 Å². The molecule has 1 rings (SSSR count). The van der Waals surface area contributed by atoms with Crippen LogP contribution >= 0.6 is 0 Å². The van der Waals surface area contributed by atoms with E-state index < -0.39 is 6.10 Å². The summed E-state index contributed by atoms with van der Waals surface area (Å²) in [5.74, 6) is -0.366. The monoisotopic (exact) mass is 255 g/mol. The maximum atomic E-state index is 11.1. The number of carbonyl (C=O) groups excluding carboxylic acids is 1. The fourth-order valence-electron chi connectivity index (χ4n) is 1.54. The second kappa shape index (κ2) is 7.84. The van der Waals surface area contributed by atoms with E-state index in [9.17, 15) is 9.90 Å². The smallest absolute Gasteiger partial charge is 0.308 e. The zero-order valence-corrected chi connectivity index (χ0v) is 10.9. The summed E-state index contributed by atoms with van der Waals surface area (Å²) in [6, 6.07) is 0. The average molecular weight is 255 g/mol. The average Bonchev–Trinajstić information content (AvgIpc) is 2.71. The quantitative estimate of drug-likeness (QED) is 0.509. The second-order valence-electron chi connectivity index (χ2n) is 4.15. The summed E-state index contributed by atoms with van der Waals surface area (Å²) in [5, 5.41) is 16.8. The highest BCUT2D eigenvalue weighted by Gasteiger charge is 2.10. The predicted molar refractivity (Wildman–Crippen MR) is 67.1 cm³/mol. The Balaban J connectivity index is 2.08. The summed E-state index contributed by atoms with van der Waals surface area (Å²) in [6.07, 6.45) is 3.08. The molecule has 1 aromatic heterocycles. The zero-order chi connectivity index (χ0) is 13.4. The molecule has 18 heavy (non-hydrogen) atoms. The van der Waals surface area contributed by atoms with Crippen LogP contribution in [0.2, 0.25) is 0 Å². The van der Waals surface area contributed by atoms with Crippen molar-refractivity contribution in [2.75, 3.05) is 19.7 Å². The number of aromatic nitrogens is 2. The minimum absolute atomic E-state index is 0.0295. The van der Waals surface area contributed by atoms with Crippen molar-refractivity contribution in [3.05, 3.63) is 18.0 Å². The van der Waals surface area contributed by atoms with Crippen LogP contribution in [0, 0.1) is 6.92 Å². The number of aliphatic hydroxyl groups is 1. The fraction of sp³-hybridized carbons (Fsp3) is 0.667. The molecule has 0 aliphatic rings. The molecule has 0 saturated heterocycles. The zero-order valence-electron chi connectivity index (χ0n) is 10.9. The van der Waals surface area contributed by atoms with Crippen molar-refractivity contribution in [3.8, 4) is 0 Å².